The molecule has 4 rings (SSSR count). The van der Waals surface area contributed by atoms with Gasteiger partial charge in [-0.15, -0.1) is 0 Å². The van der Waals surface area contributed by atoms with Crippen LogP contribution in [0, 0.1) is 13.8 Å². The number of amides is 2. The summed E-state index contributed by atoms with van der Waals surface area (Å²) in [6.07, 6.45) is -0.399. The number of piperidine rings is 1. The Morgan fingerprint density at radius 1 is 1.31 bits per heavy atom. The maximum Gasteiger partial charge on any atom is 0.273 e. The molecule has 2 aromatic heterocycles. The number of carbonyl (C=O) groups is 2. The zero-order valence-corrected chi connectivity index (χ0v) is 16.3. The summed E-state index contributed by atoms with van der Waals surface area (Å²) in [7, 11) is 0. The summed E-state index contributed by atoms with van der Waals surface area (Å²) in [5.41, 5.74) is 1.93. The first kappa shape index (κ1) is 19.1. The highest BCUT2D eigenvalue weighted by molar-refractivity contribution is 5.92. The molecule has 1 aromatic carbocycles. The van der Waals surface area contributed by atoms with Gasteiger partial charge < -0.3 is 24.4 Å². The number of aryl methyl sites for hydroxylation is 2. The van der Waals surface area contributed by atoms with Gasteiger partial charge in [-0.25, -0.2) is 4.98 Å². The van der Waals surface area contributed by atoms with Crippen molar-refractivity contribution in [2.75, 3.05) is 13.1 Å². The van der Waals surface area contributed by atoms with Crippen LogP contribution < -0.4 is 5.32 Å². The number of β-amino-alcohol motifs (C(OH)–C–C–N with tert-alkyl or cyclic N) is 1. The zero-order valence-electron chi connectivity index (χ0n) is 16.3. The van der Waals surface area contributed by atoms with Crippen LogP contribution in [0.3, 0.4) is 0 Å². The van der Waals surface area contributed by atoms with E-state index < -0.39 is 18.1 Å². The van der Waals surface area contributed by atoms with Crippen LogP contribution in [0.2, 0.25) is 0 Å². The number of fused-ring (bicyclic) bond motifs is 1. The standard InChI is InChI=1S/C20H23N5O4/c1-12-9-16(23-29-12)20(28)22-15-7-8-24(10-18(15)26)19(27)11-25-13(2)21-14-5-3-4-6-17(14)25/h3-6,9,15,18,26H,7-8,10-11H2,1-2H3,(H,22,28)/t15-,18-/m1/s1. The van der Waals surface area contributed by atoms with E-state index >= 15 is 0 Å². The molecule has 9 nitrogen and oxygen atoms in total. The second kappa shape index (κ2) is 7.67. The number of rotatable bonds is 4. The number of aliphatic hydroxyl groups is 1. The van der Waals surface area contributed by atoms with Gasteiger partial charge in [0.15, 0.2) is 5.69 Å². The molecule has 2 atom stereocenters. The van der Waals surface area contributed by atoms with Gasteiger partial charge in [0.2, 0.25) is 5.91 Å². The number of para-hydroxylation sites is 2. The summed E-state index contributed by atoms with van der Waals surface area (Å²) in [4.78, 5) is 31.2. The third kappa shape index (κ3) is 3.86. The van der Waals surface area contributed by atoms with Gasteiger partial charge in [0.1, 0.15) is 18.1 Å². The lowest BCUT2D eigenvalue weighted by molar-refractivity contribution is -0.135. The third-order valence-electron chi connectivity index (χ3n) is 5.25. The Hall–Kier alpha value is -3.20. The van der Waals surface area contributed by atoms with Gasteiger partial charge in [-0.05, 0) is 32.4 Å². The minimum absolute atomic E-state index is 0.0906. The molecular formula is C20H23N5O4. The zero-order chi connectivity index (χ0) is 20.5. The summed E-state index contributed by atoms with van der Waals surface area (Å²) in [6, 6.07) is 8.77. The number of nitrogens with zero attached hydrogens (tertiary/aromatic N) is 4. The number of aromatic nitrogens is 3. The first-order chi connectivity index (χ1) is 13.9. The van der Waals surface area contributed by atoms with Crippen molar-refractivity contribution in [3.05, 3.63) is 47.6 Å². The van der Waals surface area contributed by atoms with Crippen LogP contribution in [0.15, 0.2) is 34.9 Å². The van der Waals surface area contributed by atoms with Crippen molar-refractivity contribution in [2.45, 2.75) is 39.0 Å². The molecule has 152 valence electrons. The van der Waals surface area contributed by atoms with Gasteiger partial charge >= 0.3 is 0 Å². The average Bonchev–Trinajstić information content (AvgIpc) is 3.27. The predicted molar refractivity (Wildman–Crippen MR) is 104 cm³/mol. The van der Waals surface area contributed by atoms with Crippen LogP contribution >= 0.6 is 0 Å². The first-order valence-electron chi connectivity index (χ1n) is 9.54. The molecule has 0 bridgehead atoms. The third-order valence-corrected chi connectivity index (χ3v) is 5.25. The molecule has 0 saturated carbocycles. The Morgan fingerprint density at radius 3 is 2.83 bits per heavy atom. The maximum absolute atomic E-state index is 12.8. The normalized spacial score (nSPS) is 19.5. The molecule has 29 heavy (non-hydrogen) atoms. The summed E-state index contributed by atoms with van der Waals surface area (Å²) in [5.74, 6) is 0.821. The van der Waals surface area contributed by atoms with Gasteiger partial charge in [-0.1, -0.05) is 17.3 Å². The number of imidazole rings is 1. The lowest BCUT2D eigenvalue weighted by Gasteiger charge is -2.36. The van der Waals surface area contributed by atoms with Crippen LogP contribution in [0.4, 0.5) is 0 Å². The van der Waals surface area contributed by atoms with E-state index in [2.05, 4.69) is 15.5 Å². The predicted octanol–water partition coefficient (Wildman–Crippen LogP) is 1.03. The topological polar surface area (TPSA) is 113 Å². The minimum atomic E-state index is -0.856. The van der Waals surface area contributed by atoms with Gasteiger partial charge in [0.25, 0.3) is 5.91 Å². The molecule has 2 N–H and O–H groups in total. The van der Waals surface area contributed by atoms with E-state index in [0.29, 0.717) is 18.7 Å². The molecule has 1 aliphatic rings. The summed E-state index contributed by atoms with van der Waals surface area (Å²) in [5, 5.41) is 16.9. The SMILES string of the molecule is Cc1cc(C(=O)N[C@@H]2CCN(C(=O)Cn3c(C)nc4ccccc43)C[C@H]2O)no1. The number of carbonyl (C=O) groups excluding carboxylic acids is 2. The average molecular weight is 397 g/mol. The van der Waals surface area contributed by atoms with E-state index in [-0.39, 0.29) is 24.7 Å². The summed E-state index contributed by atoms with van der Waals surface area (Å²) in [6.45, 7) is 4.34. The molecule has 1 aliphatic heterocycles. The van der Waals surface area contributed by atoms with Crippen molar-refractivity contribution in [3.8, 4) is 0 Å². The van der Waals surface area contributed by atoms with E-state index in [4.69, 9.17) is 4.52 Å². The van der Waals surface area contributed by atoms with Crippen LogP contribution in [0.25, 0.3) is 11.0 Å². The largest absolute Gasteiger partial charge is 0.389 e. The monoisotopic (exact) mass is 397 g/mol. The van der Waals surface area contributed by atoms with Crippen molar-refractivity contribution in [1.29, 1.82) is 0 Å². The molecule has 0 radical (unpaired) electrons. The van der Waals surface area contributed by atoms with Crippen molar-refractivity contribution < 1.29 is 19.2 Å². The number of hydrogen-bond acceptors (Lipinski definition) is 6. The van der Waals surface area contributed by atoms with Gasteiger partial charge in [-0.3, -0.25) is 9.59 Å². The molecule has 2 amide bonds. The molecule has 3 aromatic rings. The van der Waals surface area contributed by atoms with Crippen LogP contribution in [0.1, 0.15) is 28.5 Å². The van der Waals surface area contributed by atoms with Gasteiger partial charge in [0.05, 0.1) is 23.2 Å². The number of aliphatic hydroxyl groups excluding tert-OH is 1. The van der Waals surface area contributed by atoms with Crippen molar-refractivity contribution in [2.24, 2.45) is 0 Å². The Balaban J connectivity index is 1.38. The van der Waals surface area contributed by atoms with Crippen LogP contribution in [-0.4, -0.2) is 61.8 Å². The Labute approximate surface area is 167 Å². The van der Waals surface area contributed by atoms with E-state index in [1.165, 1.54) is 6.07 Å². The van der Waals surface area contributed by atoms with Gasteiger partial charge in [0, 0.05) is 19.2 Å². The highest BCUT2D eigenvalue weighted by Crippen LogP contribution is 2.17. The van der Waals surface area contributed by atoms with Crippen molar-refractivity contribution in [1.82, 2.24) is 24.9 Å². The summed E-state index contributed by atoms with van der Waals surface area (Å²) >= 11 is 0. The molecule has 0 aliphatic carbocycles. The molecule has 1 saturated heterocycles. The van der Waals surface area contributed by atoms with Gasteiger partial charge in [-0.2, -0.15) is 0 Å². The maximum atomic E-state index is 12.8. The van der Waals surface area contributed by atoms with E-state index in [1.54, 1.807) is 11.8 Å². The van der Waals surface area contributed by atoms with E-state index in [1.807, 2.05) is 35.8 Å². The van der Waals surface area contributed by atoms with E-state index in [9.17, 15) is 14.7 Å². The number of hydrogen-bond donors (Lipinski definition) is 2. The molecule has 3 heterocycles. The number of likely N-dealkylation sites (tertiary alicyclic amines) is 1. The smallest absolute Gasteiger partial charge is 0.273 e. The molecule has 1 fully saturated rings. The lowest BCUT2D eigenvalue weighted by Crippen LogP contribution is -2.55. The second-order valence-electron chi connectivity index (χ2n) is 7.33. The molecule has 9 heteroatoms. The fraction of sp³-hybridized carbons (Fsp3) is 0.400. The highest BCUT2D eigenvalue weighted by Gasteiger charge is 2.32. The fourth-order valence-electron chi connectivity index (χ4n) is 3.67. The Bertz CT molecular complexity index is 1060. The molecular weight excluding hydrogens is 374 g/mol. The van der Waals surface area contributed by atoms with E-state index in [0.717, 1.165) is 16.9 Å². The number of benzene rings is 1. The highest BCUT2D eigenvalue weighted by atomic mass is 16.5. The first-order valence-corrected chi connectivity index (χ1v) is 9.54. The van der Waals surface area contributed by atoms with Crippen LogP contribution in [0.5, 0.6) is 0 Å². The molecule has 0 unspecified atom stereocenters. The quantitative estimate of drug-likeness (QED) is 0.680. The Morgan fingerprint density at radius 2 is 2.10 bits per heavy atom. The summed E-state index contributed by atoms with van der Waals surface area (Å²) < 4.78 is 6.79. The molecule has 0 spiro atoms. The lowest BCUT2D eigenvalue weighted by atomic mass is 10.0. The number of nitrogens with one attached hydrogen (secondary N) is 1. The van der Waals surface area contributed by atoms with Crippen molar-refractivity contribution >= 4 is 22.8 Å². The Kier molecular flexibility index (Phi) is 5.06. The second-order valence-corrected chi connectivity index (χ2v) is 7.33. The van der Waals surface area contributed by atoms with Crippen molar-refractivity contribution in [3.63, 3.8) is 0 Å². The minimum Gasteiger partial charge on any atom is -0.389 e. The van der Waals surface area contributed by atoms with Crippen LogP contribution in [-0.2, 0) is 11.3 Å². The fourth-order valence-corrected chi connectivity index (χ4v) is 3.67.